The van der Waals surface area contributed by atoms with Crippen LogP contribution >= 0.6 is 23.5 Å². The van der Waals surface area contributed by atoms with Crippen molar-refractivity contribution >= 4 is 123 Å². The minimum atomic E-state index is 0.841. The Morgan fingerprint density at radius 3 is 0.985 bits per heavy atom. The van der Waals surface area contributed by atoms with Gasteiger partial charge in [0.2, 0.25) is 0 Å². The number of nitrogens with zero attached hydrogens (tertiary/aromatic N) is 2. The Balaban J connectivity index is 0.870. The summed E-state index contributed by atoms with van der Waals surface area (Å²) in [6, 6.07) is 86.1. The van der Waals surface area contributed by atoms with E-state index in [1.807, 2.05) is 0 Å². The highest BCUT2D eigenvalue weighted by Crippen LogP contribution is 2.46. The van der Waals surface area contributed by atoms with Crippen LogP contribution < -0.4 is 9.80 Å². The van der Waals surface area contributed by atoms with Gasteiger partial charge in [-0.15, -0.1) is 0 Å². The average molecular weight is 909 g/mol. The molecule has 6 heteroatoms. The van der Waals surface area contributed by atoms with Gasteiger partial charge in [-0.05, 0) is 168 Å². The molecule has 0 aliphatic heterocycles. The van der Waals surface area contributed by atoms with Gasteiger partial charge in [-0.3, -0.25) is 0 Å². The van der Waals surface area contributed by atoms with Crippen LogP contribution in [0.25, 0.3) is 65.4 Å². The normalized spacial score (nSPS) is 11.6. The fraction of sp³-hybridized carbons (Fsp3) is 0. The number of benzene rings is 11. The van der Waals surface area contributed by atoms with E-state index in [0.29, 0.717) is 0 Å². The smallest absolute Gasteiger partial charge is 0.143 e. The second-order valence-corrected chi connectivity index (χ2v) is 19.2. The van der Waals surface area contributed by atoms with E-state index >= 15 is 0 Å². The predicted molar refractivity (Wildman–Crippen MR) is 287 cm³/mol. The molecule has 0 saturated heterocycles. The van der Waals surface area contributed by atoms with Crippen LogP contribution in [0.5, 0.6) is 0 Å². The van der Waals surface area contributed by atoms with Gasteiger partial charge in [-0.1, -0.05) is 108 Å². The van der Waals surface area contributed by atoms with E-state index in [2.05, 4.69) is 252 Å². The quantitative estimate of drug-likeness (QED) is 0.136. The van der Waals surface area contributed by atoms with Gasteiger partial charge in [0.25, 0.3) is 0 Å². The van der Waals surface area contributed by atoms with Gasteiger partial charge in [0.1, 0.15) is 22.3 Å². The lowest BCUT2D eigenvalue weighted by Gasteiger charge is -2.26. The van der Waals surface area contributed by atoms with Crippen LogP contribution in [0.3, 0.4) is 0 Å². The standard InChI is InChI=1S/C62H40N2O2S2/c1-5-13-43(14-6-1)63(45-23-29-51(30-24-45)67-49-17-9-3-10-18-49)47-27-35-53-41(39-47)21-33-55-59-57(65-61(53)55)37-38-58-60(59)56-34-22-42-40-48(28-36-54(42)62(56)66-58)64(44-15-7-2-8-16-44)46-25-31-52(32-26-46)68-50-19-11-4-12-20-50/h1-40H. The van der Waals surface area contributed by atoms with Crippen molar-refractivity contribution in [2.75, 3.05) is 9.80 Å². The highest BCUT2D eigenvalue weighted by molar-refractivity contribution is 7.99. The summed E-state index contributed by atoms with van der Waals surface area (Å²) in [6.07, 6.45) is 0. The summed E-state index contributed by atoms with van der Waals surface area (Å²) >= 11 is 3.54. The van der Waals surface area contributed by atoms with Crippen LogP contribution in [0.15, 0.2) is 271 Å². The van der Waals surface area contributed by atoms with Gasteiger partial charge in [0, 0.05) is 86.0 Å². The maximum absolute atomic E-state index is 6.81. The van der Waals surface area contributed by atoms with E-state index in [0.717, 1.165) is 99.5 Å². The van der Waals surface area contributed by atoms with E-state index in [4.69, 9.17) is 8.83 Å². The maximum Gasteiger partial charge on any atom is 0.143 e. The Morgan fingerprint density at radius 2 is 0.588 bits per heavy atom. The highest BCUT2D eigenvalue weighted by atomic mass is 32.2. The van der Waals surface area contributed by atoms with Crippen molar-refractivity contribution in [3.8, 4) is 0 Å². The van der Waals surface area contributed by atoms with Crippen LogP contribution in [-0.4, -0.2) is 0 Å². The molecule has 2 heterocycles. The Bertz CT molecular complexity index is 3690. The minimum Gasteiger partial charge on any atom is -0.455 e. The third-order valence-electron chi connectivity index (χ3n) is 12.7. The lowest BCUT2D eigenvalue weighted by Crippen LogP contribution is -2.09. The molecule has 4 nitrogen and oxygen atoms in total. The largest absolute Gasteiger partial charge is 0.455 e. The Morgan fingerprint density at radius 1 is 0.265 bits per heavy atom. The topological polar surface area (TPSA) is 32.8 Å². The summed E-state index contributed by atoms with van der Waals surface area (Å²) in [4.78, 5) is 9.47. The number of hydrogen-bond donors (Lipinski definition) is 0. The van der Waals surface area contributed by atoms with Crippen LogP contribution in [0.1, 0.15) is 0 Å². The molecule has 0 fully saturated rings. The number of para-hydroxylation sites is 2. The molecular weight excluding hydrogens is 869 g/mol. The van der Waals surface area contributed by atoms with Gasteiger partial charge in [0.15, 0.2) is 0 Å². The van der Waals surface area contributed by atoms with Gasteiger partial charge < -0.3 is 18.6 Å². The molecule has 0 saturated carbocycles. The maximum atomic E-state index is 6.81. The summed E-state index contributed by atoms with van der Waals surface area (Å²) in [5.74, 6) is 0. The summed E-state index contributed by atoms with van der Waals surface area (Å²) < 4.78 is 13.6. The molecule has 0 spiro atoms. The van der Waals surface area contributed by atoms with Crippen molar-refractivity contribution in [3.05, 3.63) is 243 Å². The van der Waals surface area contributed by atoms with Crippen molar-refractivity contribution in [3.63, 3.8) is 0 Å². The molecule has 11 aromatic carbocycles. The molecule has 13 rings (SSSR count). The summed E-state index contributed by atoms with van der Waals surface area (Å²) in [5.41, 5.74) is 9.94. The monoisotopic (exact) mass is 908 g/mol. The van der Waals surface area contributed by atoms with Gasteiger partial charge in [-0.25, -0.2) is 0 Å². The number of fused-ring (bicyclic) bond motifs is 11. The SMILES string of the molecule is c1ccc(Sc2ccc(N(c3ccccc3)c3ccc4c(ccc5c4oc4ccc6oc7c8ccc(N(c9ccccc9)c9ccc(Sc%10ccccc%10)cc9)cc8ccc7c6c45)c3)cc2)cc1. The molecule has 0 bridgehead atoms. The number of rotatable bonds is 10. The number of furan rings is 2. The first kappa shape index (κ1) is 40.1. The molecule has 0 N–H and O–H groups in total. The van der Waals surface area contributed by atoms with Gasteiger partial charge in [-0.2, -0.15) is 0 Å². The zero-order chi connectivity index (χ0) is 45.0. The van der Waals surface area contributed by atoms with Crippen LogP contribution in [0.4, 0.5) is 34.1 Å². The molecule has 68 heavy (non-hydrogen) atoms. The van der Waals surface area contributed by atoms with Crippen molar-refractivity contribution in [2.24, 2.45) is 0 Å². The summed E-state index contributed by atoms with van der Waals surface area (Å²) in [6.45, 7) is 0. The Kier molecular flexibility index (Phi) is 9.99. The van der Waals surface area contributed by atoms with E-state index in [-0.39, 0.29) is 0 Å². The second kappa shape index (κ2) is 16.9. The highest BCUT2D eigenvalue weighted by Gasteiger charge is 2.21. The van der Waals surface area contributed by atoms with Gasteiger partial charge >= 0.3 is 0 Å². The van der Waals surface area contributed by atoms with E-state index in [9.17, 15) is 0 Å². The molecular formula is C62H40N2O2S2. The van der Waals surface area contributed by atoms with Crippen LogP contribution in [-0.2, 0) is 0 Å². The van der Waals surface area contributed by atoms with Crippen LogP contribution in [0.2, 0.25) is 0 Å². The van der Waals surface area contributed by atoms with Crippen molar-refractivity contribution in [2.45, 2.75) is 19.6 Å². The fourth-order valence-corrected chi connectivity index (χ4v) is 11.3. The Labute approximate surface area is 401 Å². The lowest BCUT2D eigenvalue weighted by molar-refractivity contribution is 0.666. The van der Waals surface area contributed by atoms with Crippen molar-refractivity contribution in [1.82, 2.24) is 0 Å². The predicted octanol–water partition coefficient (Wildman–Crippen LogP) is 19.0. The third-order valence-corrected chi connectivity index (χ3v) is 14.7. The minimum absolute atomic E-state index is 0.841. The molecule has 322 valence electrons. The van der Waals surface area contributed by atoms with Gasteiger partial charge in [0.05, 0.1) is 0 Å². The van der Waals surface area contributed by atoms with Crippen LogP contribution in [0, 0.1) is 0 Å². The molecule has 0 aliphatic carbocycles. The van der Waals surface area contributed by atoms with Crippen molar-refractivity contribution in [1.29, 1.82) is 0 Å². The Hall–Kier alpha value is -8.16. The van der Waals surface area contributed by atoms with E-state index in [1.54, 1.807) is 23.5 Å². The van der Waals surface area contributed by atoms with Crippen molar-refractivity contribution < 1.29 is 8.83 Å². The van der Waals surface area contributed by atoms with E-state index in [1.165, 1.54) is 19.6 Å². The third kappa shape index (κ3) is 7.22. The summed E-state index contributed by atoms with van der Waals surface area (Å²) in [7, 11) is 0. The fourth-order valence-electron chi connectivity index (χ4n) is 9.58. The lowest BCUT2D eigenvalue weighted by atomic mass is 10.0. The summed E-state index contributed by atoms with van der Waals surface area (Å²) in [5, 5.41) is 8.63. The molecule has 0 atom stereocenters. The molecule has 2 aromatic heterocycles. The molecule has 0 amide bonds. The first-order chi connectivity index (χ1) is 33.7. The molecule has 13 aromatic rings. The second-order valence-electron chi connectivity index (χ2n) is 16.9. The number of anilines is 6. The first-order valence-electron chi connectivity index (χ1n) is 22.7. The molecule has 0 radical (unpaired) electrons. The number of hydrogen-bond acceptors (Lipinski definition) is 6. The average Bonchev–Trinajstić information content (AvgIpc) is 3.98. The molecule has 0 unspecified atom stereocenters. The van der Waals surface area contributed by atoms with E-state index < -0.39 is 0 Å². The zero-order valence-corrected chi connectivity index (χ0v) is 38.3. The zero-order valence-electron chi connectivity index (χ0n) is 36.6. The first-order valence-corrected chi connectivity index (χ1v) is 24.4. The molecule has 0 aliphatic rings.